The fourth-order valence-corrected chi connectivity index (χ4v) is 7.15. The van der Waals surface area contributed by atoms with E-state index in [1.807, 2.05) is 147 Å². The fraction of sp³-hybridized carbons (Fsp3) is 0.167. The Morgan fingerprint density at radius 2 is 0.514 bits per heavy atom. The number of hydrogen-bond donors (Lipinski definition) is 0. The molecule has 0 amide bonds. The van der Waals surface area contributed by atoms with Gasteiger partial charge < -0.3 is 55.4 Å². The summed E-state index contributed by atoms with van der Waals surface area (Å²) in [4.78, 5) is 17.7. The van der Waals surface area contributed by atoms with Gasteiger partial charge in [0.25, 0.3) is 0 Å². The van der Waals surface area contributed by atoms with Crippen LogP contribution in [0.25, 0.3) is 44.1 Å². The summed E-state index contributed by atoms with van der Waals surface area (Å²) in [6, 6.07) is 48.0. The minimum Gasteiger partial charge on any atom is -0.759 e. The first-order chi connectivity index (χ1) is 33.8. The average molecular weight is 1120 g/mol. The minimum atomic E-state index is -5.17. The zero-order chi connectivity index (χ0) is 49.4. The van der Waals surface area contributed by atoms with Gasteiger partial charge in [-0.25, -0.2) is 19.9 Å². The molecule has 2 radical (unpaired) electrons. The molecule has 0 N–H and O–H groups in total. The number of imidazole rings is 4. The Bertz CT molecular complexity index is 3050. The van der Waals surface area contributed by atoms with Gasteiger partial charge in [-0.3, -0.25) is 16.8 Å². The van der Waals surface area contributed by atoms with E-state index in [1.165, 1.54) is 0 Å². The van der Waals surface area contributed by atoms with Crippen molar-refractivity contribution in [1.82, 2.24) is 38.2 Å². The molecule has 0 aliphatic rings. The van der Waals surface area contributed by atoms with Crippen LogP contribution in [0.15, 0.2) is 171 Å². The molecule has 0 unspecified atom stereocenters. The van der Waals surface area contributed by atoms with Crippen molar-refractivity contribution in [2.75, 3.05) is 26.4 Å². The van der Waals surface area contributed by atoms with Crippen molar-refractivity contribution in [1.29, 1.82) is 0 Å². The van der Waals surface area contributed by atoms with Crippen LogP contribution in [0.4, 0.5) is 0 Å². The molecule has 0 bridgehead atoms. The fourth-order valence-electron chi connectivity index (χ4n) is 7.15. The molecule has 0 saturated heterocycles. The van der Waals surface area contributed by atoms with Gasteiger partial charge in [0.15, 0.2) is 23.0 Å². The van der Waals surface area contributed by atoms with Gasteiger partial charge in [-0.2, -0.15) is 0 Å². The van der Waals surface area contributed by atoms with Crippen LogP contribution in [0.2, 0.25) is 0 Å². The van der Waals surface area contributed by atoms with Gasteiger partial charge in [-0.1, -0.05) is 72.8 Å². The molecule has 20 nitrogen and oxygen atoms in total. The first-order valence-corrected chi connectivity index (χ1v) is 24.1. The van der Waals surface area contributed by atoms with Crippen molar-refractivity contribution in [3.63, 3.8) is 0 Å². The maximum Gasteiger partial charge on any atom is 2.00 e. The third-order valence-electron chi connectivity index (χ3n) is 10.2. The Hall–Kier alpha value is -6.82. The van der Waals surface area contributed by atoms with E-state index in [4.69, 9.17) is 54.0 Å². The van der Waals surface area contributed by atoms with E-state index in [1.54, 1.807) is 0 Å². The summed E-state index contributed by atoms with van der Waals surface area (Å²) >= 11 is 0. The summed E-state index contributed by atoms with van der Waals surface area (Å²) in [7, 11) is -10.3. The van der Waals surface area contributed by atoms with Crippen LogP contribution in [0, 0.1) is 0 Å². The quantitative estimate of drug-likeness (QED) is 0.0575. The smallest absolute Gasteiger partial charge is 0.759 e. The normalized spacial score (nSPS) is 10.9. The maximum atomic E-state index is 8.52. The largest absolute Gasteiger partial charge is 2.00 e. The summed E-state index contributed by atoms with van der Waals surface area (Å²) in [5.41, 5.74) is 8.41. The van der Waals surface area contributed by atoms with Gasteiger partial charge in [0, 0.05) is 20.8 Å². The first-order valence-electron chi connectivity index (χ1n) is 21.4. The molecule has 382 valence electrons. The van der Waals surface area contributed by atoms with Crippen molar-refractivity contribution < 1.29 is 88.1 Å². The third kappa shape index (κ3) is 17.2. The Balaban J connectivity index is 0.000000220. The molecule has 10 rings (SSSR count). The van der Waals surface area contributed by atoms with E-state index in [2.05, 4.69) is 62.5 Å². The molecule has 4 aromatic heterocycles. The van der Waals surface area contributed by atoms with Crippen molar-refractivity contribution in [3.05, 3.63) is 171 Å². The molecule has 0 fully saturated rings. The van der Waals surface area contributed by atoms with E-state index < -0.39 is 20.8 Å². The molecule has 0 atom stereocenters. The monoisotopic (exact) mass is 1110 g/mol. The van der Waals surface area contributed by atoms with Crippen LogP contribution in [0.1, 0.15) is 0 Å². The Labute approximate surface area is 435 Å². The molecule has 0 aliphatic carbocycles. The topological polar surface area (TPSA) is 269 Å². The second-order valence-electron chi connectivity index (χ2n) is 14.8. The molecular weight excluding hydrogens is 1070 g/mol. The van der Waals surface area contributed by atoms with Crippen LogP contribution < -0.4 is 18.9 Å². The van der Waals surface area contributed by atoms with E-state index in [0.29, 0.717) is 26.4 Å². The second kappa shape index (κ2) is 27.1. The van der Waals surface area contributed by atoms with Crippen molar-refractivity contribution in [3.8, 4) is 23.0 Å². The van der Waals surface area contributed by atoms with E-state index in [0.717, 1.165) is 93.3 Å². The number of aromatic nitrogens is 8. The van der Waals surface area contributed by atoms with Crippen molar-refractivity contribution in [2.24, 2.45) is 0 Å². The van der Waals surface area contributed by atoms with Crippen LogP contribution in [-0.4, -0.2) is 99.7 Å². The molecule has 0 spiro atoms. The average Bonchev–Trinajstić information content (AvgIpc) is 4.15. The van der Waals surface area contributed by atoms with E-state index >= 15 is 0 Å². The van der Waals surface area contributed by atoms with Crippen molar-refractivity contribution in [2.45, 2.75) is 26.2 Å². The van der Waals surface area contributed by atoms with Crippen LogP contribution in [-0.2, 0) is 81.1 Å². The molecular formula is C48H44Cu2N8O12S2. The summed E-state index contributed by atoms with van der Waals surface area (Å²) in [6.07, 6.45) is 7.41. The molecule has 24 heteroatoms. The summed E-state index contributed by atoms with van der Waals surface area (Å²) in [5, 5.41) is 0. The number of fused-ring (bicyclic) bond motifs is 4. The zero-order valence-electron chi connectivity index (χ0n) is 37.7. The predicted octanol–water partition coefficient (Wildman–Crippen LogP) is 6.41. The number of nitrogens with zero attached hydrogens (tertiary/aromatic N) is 8. The molecule has 0 saturated carbocycles. The standard InChI is InChI=1S/2C24H22N4O2.2Cu.2H2O4S/c2*1-3-9-21-19(7-1)25-17-27(21)13-15-29-23-11-5-6-12-24(23)30-16-14-28-18-26-20-8-2-4-10-22(20)28;;;2*1-5(2,3)4/h2*1-12,17-18H,13-16H2;;;2*(H2,1,2,3,4)/q;;2*+2;;/p-4. The van der Waals surface area contributed by atoms with Gasteiger partial charge in [-0.05, 0) is 72.8 Å². The Morgan fingerprint density at radius 3 is 0.722 bits per heavy atom. The SMILES string of the molecule is O=S(=O)([O-])[O-].O=S(=O)([O-])[O-].[Cu+2].[Cu+2].c1ccc(OCCn2cnc3ccccc32)c(OCCn2cnc3ccccc32)c1.c1ccc(OCCn2cnc3ccccc32)c(OCCn2cnc3ccccc32)c1. The third-order valence-corrected chi connectivity index (χ3v) is 10.2. The van der Waals surface area contributed by atoms with E-state index in [-0.39, 0.29) is 34.1 Å². The molecule has 72 heavy (non-hydrogen) atoms. The van der Waals surface area contributed by atoms with Crippen LogP contribution >= 0.6 is 0 Å². The van der Waals surface area contributed by atoms with Crippen LogP contribution in [0.3, 0.4) is 0 Å². The number of rotatable bonds is 16. The number of ether oxygens (including phenoxy) is 4. The second-order valence-corrected chi connectivity index (χ2v) is 16.4. The number of hydrogen-bond acceptors (Lipinski definition) is 16. The van der Waals surface area contributed by atoms with Gasteiger partial charge in [-0.15, -0.1) is 0 Å². The maximum absolute atomic E-state index is 8.52. The predicted molar refractivity (Wildman–Crippen MR) is 255 cm³/mol. The summed E-state index contributed by atoms with van der Waals surface area (Å²) in [6.45, 7) is 5.01. The van der Waals surface area contributed by atoms with Gasteiger partial charge in [0.05, 0.1) is 95.6 Å². The molecule has 10 aromatic rings. The summed E-state index contributed by atoms with van der Waals surface area (Å²) in [5.74, 6) is 2.99. The van der Waals surface area contributed by atoms with Crippen LogP contribution in [0.5, 0.6) is 23.0 Å². The minimum absolute atomic E-state index is 0. The molecule has 4 heterocycles. The number of para-hydroxylation sites is 12. The number of benzene rings is 6. The van der Waals surface area contributed by atoms with Crippen molar-refractivity contribution >= 4 is 64.9 Å². The zero-order valence-corrected chi connectivity index (χ0v) is 41.2. The molecule has 0 aliphatic heterocycles. The van der Waals surface area contributed by atoms with Gasteiger partial charge >= 0.3 is 34.1 Å². The molecule has 6 aromatic carbocycles. The first kappa shape index (κ1) is 56.1. The van der Waals surface area contributed by atoms with Gasteiger partial charge in [0.2, 0.25) is 0 Å². The Morgan fingerprint density at radius 1 is 0.333 bits per heavy atom. The summed E-state index contributed by atoms with van der Waals surface area (Å²) < 4.78 is 101. The Kier molecular flexibility index (Phi) is 21.1. The van der Waals surface area contributed by atoms with Gasteiger partial charge in [0.1, 0.15) is 26.4 Å². The van der Waals surface area contributed by atoms with E-state index in [9.17, 15) is 0 Å².